The lowest BCUT2D eigenvalue weighted by atomic mass is 9.92. The minimum atomic E-state index is -0.650. The highest BCUT2D eigenvalue weighted by molar-refractivity contribution is 5.26. The molecule has 0 saturated carbocycles. The van der Waals surface area contributed by atoms with E-state index in [9.17, 15) is 5.11 Å². The fraction of sp³-hybridized carbons (Fsp3) is 0.625. The first-order chi connectivity index (χ1) is 9.60. The van der Waals surface area contributed by atoms with Crippen LogP contribution in [-0.2, 0) is 16.1 Å². The smallest absolute Gasteiger partial charge is 0.155 e. The highest BCUT2D eigenvalue weighted by Crippen LogP contribution is 2.27. The maximum absolute atomic E-state index is 9.60. The maximum atomic E-state index is 9.60. The Morgan fingerprint density at radius 3 is 2.65 bits per heavy atom. The van der Waals surface area contributed by atoms with Crippen molar-refractivity contribution >= 4 is 0 Å². The Bertz CT molecular complexity index is 403. The summed E-state index contributed by atoms with van der Waals surface area (Å²) in [6.07, 6.45) is 0.951. The van der Waals surface area contributed by atoms with Crippen molar-refractivity contribution in [3.05, 3.63) is 29.8 Å². The SMILES string of the molecule is COc1ccc(CO[C@@H](C)[C@H]2O[C@H](O)CC[C@@H]2C)cc1. The van der Waals surface area contributed by atoms with Crippen LogP contribution in [-0.4, -0.2) is 30.7 Å². The number of aliphatic hydroxyl groups is 1. The van der Waals surface area contributed by atoms with Crippen LogP contribution < -0.4 is 4.74 Å². The van der Waals surface area contributed by atoms with E-state index < -0.39 is 6.29 Å². The van der Waals surface area contributed by atoms with Gasteiger partial charge in [0.15, 0.2) is 6.29 Å². The second-order valence-electron chi connectivity index (χ2n) is 5.47. The molecule has 0 bridgehead atoms. The van der Waals surface area contributed by atoms with Crippen LogP contribution in [0.25, 0.3) is 0 Å². The zero-order chi connectivity index (χ0) is 14.5. The molecule has 0 radical (unpaired) electrons. The summed E-state index contributed by atoms with van der Waals surface area (Å²) < 4.78 is 16.6. The van der Waals surface area contributed by atoms with Crippen LogP contribution in [0.4, 0.5) is 0 Å². The lowest BCUT2D eigenvalue weighted by Crippen LogP contribution is -2.41. The Kier molecular flexibility index (Phi) is 5.40. The molecule has 4 atom stereocenters. The highest BCUT2D eigenvalue weighted by Gasteiger charge is 2.31. The average molecular weight is 280 g/mol. The monoisotopic (exact) mass is 280 g/mol. The lowest BCUT2D eigenvalue weighted by molar-refractivity contribution is -0.213. The number of rotatable bonds is 5. The summed E-state index contributed by atoms with van der Waals surface area (Å²) in [4.78, 5) is 0. The van der Waals surface area contributed by atoms with Crippen molar-refractivity contribution in [2.45, 2.75) is 51.8 Å². The van der Waals surface area contributed by atoms with E-state index in [1.807, 2.05) is 31.2 Å². The van der Waals surface area contributed by atoms with Crippen molar-refractivity contribution in [3.63, 3.8) is 0 Å². The Morgan fingerprint density at radius 2 is 2.00 bits per heavy atom. The average Bonchev–Trinajstić information content (AvgIpc) is 2.47. The third kappa shape index (κ3) is 3.95. The molecule has 1 aliphatic rings. The molecule has 0 aromatic heterocycles. The lowest BCUT2D eigenvalue weighted by Gasteiger charge is -2.36. The molecule has 0 unspecified atom stereocenters. The molecule has 1 N–H and O–H groups in total. The van der Waals surface area contributed by atoms with Gasteiger partial charge in [-0.2, -0.15) is 0 Å². The Balaban J connectivity index is 1.85. The molecule has 112 valence electrons. The van der Waals surface area contributed by atoms with E-state index in [2.05, 4.69) is 6.92 Å². The van der Waals surface area contributed by atoms with E-state index in [4.69, 9.17) is 14.2 Å². The number of hydrogen-bond acceptors (Lipinski definition) is 4. The molecular formula is C16H24O4. The number of ether oxygens (including phenoxy) is 3. The molecule has 1 aliphatic heterocycles. The van der Waals surface area contributed by atoms with E-state index in [1.165, 1.54) is 0 Å². The summed E-state index contributed by atoms with van der Waals surface area (Å²) >= 11 is 0. The minimum absolute atomic E-state index is 0.0398. The van der Waals surface area contributed by atoms with Gasteiger partial charge >= 0.3 is 0 Å². The first-order valence-electron chi connectivity index (χ1n) is 7.18. The van der Waals surface area contributed by atoms with Crippen LogP contribution in [0.3, 0.4) is 0 Å². The molecule has 1 aromatic carbocycles. The van der Waals surface area contributed by atoms with Gasteiger partial charge in [0.25, 0.3) is 0 Å². The van der Waals surface area contributed by atoms with Gasteiger partial charge < -0.3 is 19.3 Å². The van der Waals surface area contributed by atoms with Gasteiger partial charge in [-0.25, -0.2) is 0 Å². The Labute approximate surface area is 120 Å². The van der Waals surface area contributed by atoms with Crippen LogP contribution in [0.5, 0.6) is 5.75 Å². The molecular weight excluding hydrogens is 256 g/mol. The van der Waals surface area contributed by atoms with E-state index >= 15 is 0 Å². The first-order valence-corrected chi connectivity index (χ1v) is 7.18. The van der Waals surface area contributed by atoms with Crippen LogP contribution in [0.15, 0.2) is 24.3 Å². The molecule has 4 heteroatoms. The molecule has 0 spiro atoms. The fourth-order valence-corrected chi connectivity index (χ4v) is 2.57. The quantitative estimate of drug-likeness (QED) is 0.901. The van der Waals surface area contributed by atoms with Gasteiger partial charge in [0.2, 0.25) is 0 Å². The normalized spacial score (nSPS) is 28.1. The van der Waals surface area contributed by atoms with Crippen LogP contribution >= 0.6 is 0 Å². The molecule has 2 rings (SSSR count). The topological polar surface area (TPSA) is 47.9 Å². The summed E-state index contributed by atoms with van der Waals surface area (Å²) in [6, 6.07) is 7.83. The third-order valence-corrected chi connectivity index (χ3v) is 3.88. The zero-order valence-electron chi connectivity index (χ0n) is 12.4. The summed E-state index contributed by atoms with van der Waals surface area (Å²) in [5, 5.41) is 9.60. The number of hydrogen-bond donors (Lipinski definition) is 1. The van der Waals surface area contributed by atoms with Gasteiger partial charge in [0, 0.05) is 0 Å². The van der Waals surface area contributed by atoms with Crippen molar-refractivity contribution in [2.24, 2.45) is 5.92 Å². The third-order valence-electron chi connectivity index (χ3n) is 3.88. The van der Waals surface area contributed by atoms with Crippen molar-refractivity contribution in [1.82, 2.24) is 0 Å². The van der Waals surface area contributed by atoms with E-state index in [1.54, 1.807) is 7.11 Å². The summed E-state index contributed by atoms with van der Waals surface area (Å²) in [5.74, 6) is 1.25. The second kappa shape index (κ2) is 7.07. The van der Waals surface area contributed by atoms with Gasteiger partial charge in [-0.1, -0.05) is 19.1 Å². The van der Waals surface area contributed by atoms with E-state index in [-0.39, 0.29) is 12.2 Å². The van der Waals surface area contributed by atoms with Gasteiger partial charge in [-0.05, 0) is 43.4 Å². The molecule has 0 aliphatic carbocycles. The number of aliphatic hydroxyl groups excluding tert-OH is 1. The minimum Gasteiger partial charge on any atom is -0.497 e. The second-order valence-corrected chi connectivity index (χ2v) is 5.47. The van der Waals surface area contributed by atoms with Crippen LogP contribution in [0, 0.1) is 5.92 Å². The van der Waals surface area contributed by atoms with Gasteiger partial charge in [0.05, 0.1) is 25.9 Å². The molecule has 4 nitrogen and oxygen atoms in total. The van der Waals surface area contributed by atoms with Crippen LogP contribution in [0.2, 0.25) is 0 Å². The molecule has 0 amide bonds. The van der Waals surface area contributed by atoms with E-state index in [0.29, 0.717) is 18.9 Å². The summed E-state index contributed by atoms with van der Waals surface area (Å²) in [7, 11) is 1.65. The zero-order valence-corrected chi connectivity index (χ0v) is 12.4. The molecule has 1 saturated heterocycles. The van der Waals surface area contributed by atoms with Gasteiger partial charge in [-0.15, -0.1) is 0 Å². The Hall–Kier alpha value is -1.10. The molecule has 1 heterocycles. The first kappa shape index (κ1) is 15.3. The number of methoxy groups -OCH3 is 1. The molecule has 1 fully saturated rings. The van der Waals surface area contributed by atoms with Crippen LogP contribution in [0.1, 0.15) is 32.3 Å². The van der Waals surface area contributed by atoms with Crippen molar-refractivity contribution < 1.29 is 19.3 Å². The predicted octanol–water partition coefficient (Wildman–Crippen LogP) is 2.73. The van der Waals surface area contributed by atoms with Crippen molar-refractivity contribution in [2.75, 3.05) is 7.11 Å². The number of benzene rings is 1. The van der Waals surface area contributed by atoms with Gasteiger partial charge in [-0.3, -0.25) is 0 Å². The van der Waals surface area contributed by atoms with Crippen molar-refractivity contribution in [3.8, 4) is 5.75 Å². The predicted molar refractivity (Wildman–Crippen MR) is 76.5 cm³/mol. The standard InChI is InChI=1S/C16H24O4/c1-11-4-9-15(17)20-16(11)12(2)19-10-13-5-7-14(18-3)8-6-13/h5-8,11-12,15-17H,4,9-10H2,1-3H3/t11-,12-,15-,16-/m0/s1. The Morgan fingerprint density at radius 1 is 1.30 bits per heavy atom. The summed E-state index contributed by atoms with van der Waals surface area (Å²) in [6.45, 7) is 4.68. The highest BCUT2D eigenvalue weighted by atomic mass is 16.6. The molecule has 1 aromatic rings. The fourth-order valence-electron chi connectivity index (χ4n) is 2.57. The maximum Gasteiger partial charge on any atom is 0.155 e. The molecule has 20 heavy (non-hydrogen) atoms. The summed E-state index contributed by atoms with van der Waals surface area (Å²) in [5.41, 5.74) is 1.10. The van der Waals surface area contributed by atoms with Gasteiger partial charge in [0.1, 0.15) is 5.75 Å². The van der Waals surface area contributed by atoms with Crippen molar-refractivity contribution in [1.29, 1.82) is 0 Å². The van der Waals surface area contributed by atoms with E-state index in [0.717, 1.165) is 17.7 Å². The largest absolute Gasteiger partial charge is 0.497 e.